The maximum absolute atomic E-state index is 13.9. The Morgan fingerprint density at radius 3 is 1.57 bits per heavy atom. The van der Waals surface area contributed by atoms with E-state index in [0.717, 1.165) is 35.4 Å². The Balaban J connectivity index is 1.63. The molecular weight excluding hydrogens is 597 g/mol. The summed E-state index contributed by atoms with van der Waals surface area (Å²) in [6, 6.07) is 17.0. The number of halogens is 3. The lowest BCUT2D eigenvalue weighted by Gasteiger charge is -2.17. The van der Waals surface area contributed by atoms with Gasteiger partial charge in [-0.15, -0.1) is 0 Å². The second-order valence-corrected chi connectivity index (χ2v) is 12.5. The predicted molar refractivity (Wildman–Crippen MR) is 149 cm³/mol. The van der Waals surface area contributed by atoms with Crippen molar-refractivity contribution < 1.29 is 44.6 Å². The SMILES string of the molecule is Cc1ccc(S(=O)(=O)Nc2ccc(Oc3ccc(NS(=O)(=O)c4ccc(C)cc4)c(C(F)(F)F)c3)cc2C(=O)O)cc1. The molecule has 9 nitrogen and oxygen atoms in total. The average Bonchev–Trinajstić information content (AvgIpc) is 2.90. The van der Waals surface area contributed by atoms with E-state index in [4.69, 9.17) is 4.74 Å². The van der Waals surface area contributed by atoms with Crippen LogP contribution >= 0.6 is 0 Å². The number of ether oxygens (including phenoxy) is 1. The molecule has 14 heteroatoms. The zero-order valence-electron chi connectivity index (χ0n) is 21.9. The Morgan fingerprint density at radius 1 is 0.690 bits per heavy atom. The fourth-order valence-electron chi connectivity index (χ4n) is 3.74. The van der Waals surface area contributed by atoms with Gasteiger partial charge in [0, 0.05) is 0 Å². The Bertz CT molecular complexity index is 1860. The van der Waals surface area contributed by atoms with Crippen molar-refractivity contribution in [3.8, 4) is 11.5 Å². The predicted octanol–water partition coefficient (Wildman–Crippen LogP) is 6.41. The van der Waals surface area contributed by atoms with Crippen molar-refractivity contribution in [2.75, 3.05) is 9.44 Å². The molecule has 0 spiro atoms. The number of anilines is 2. The smallest absolute Gasteiger partial charge is 0.418 e. The Hall–Kier alpha value is -4.56. The van der Waals surface area contributed by atoms with Crippen molar-refractivity contribution >= 4 is 37.4 Å². The summed E-state index contributed by atoms with van der Waals surface area (Å²) in [5, 5.41) is 9.66. The van der Waals surface area contributed by atoms with E-state index in [9.17, 15) is 39.9 Å². The molecule has 220 valence electrons. The molecule has 3 N–H and O–H groups in total. The summed E-state index contributed by atoms with van der Waals surface area (Å²) in [5.41, 5.74) is -1.35. The van der Waals surface area contributed by atoms with Crippen molar-refractivity contribution in [1.82, 2.24) is 0 Å². The first kappa shape index (κ1) is 30.4. The summed E-state index contributed by atoms with van der Waals surface area (Å²) in [5.74, 6) is -2.13. The van der Waals surface area contributed by atoms with Crippen molar-refractivity contribution in [2.45, 2.75) is 29.8 Å². The zero-order chi connectivity index (χ0) is 30.9. The van der Waals surface area contributed by atoms with Crippen LogP contribution < -0.4 is 14.2 Å². The molecule has 0 fully saturated rings. The molecule has 0 aromatic heterocycles. The first-order valence-corrected chi connectivity index (χ1v) is 15.0. The molecule has 0 aliphatic carbocycles. The van der Waals surface area contributed by atoms with Crippen LogP contribution in [0.4, 0.5) is 24.5 Å². The number of carboxylic acids is 1. The number of hydrogen-bond donors (Lipinski definition) is 3. The molecule has 0 amide bonds. The average molecular weight is 621 g/mol. The lowest BCUT2D eigenvalue weighted by molar-refractivity contribution is -0.137. The van der Waals surface area contributed by atoms with E-state index < -0.39 is 49.0 Å². The number of sulfonamides is 2. The Kier molecular flexibility index (Phi) is 8.23. The molecule has 0 aliphatic rings. The van der Waals surface area contributed by atoms with Gasteiger partial charge in [-0.25, -0.2) is 21.6 Å². The molecular formula is C28H23F3N2O7S2. The molecule has 0 heterocycles. The first-order chi connectivity index (χ1) is 19.5. The van der Waals surface area contributed by atoms with Gasteiger partial charge in [-0.2, -0.15) is 13.2 Å². The van der Waals surface area contributed by atoms with Crippen LogP contribution in [-0.4, -0.2) is 27.9 Å². The highest BCUT2D eigenvalue weighted by Crippen LogP contribution is 2.39. The molecule has 0 saturated heterocycles. The Labute approximate surface area is 239 Å². The molecule has 4 rings (SSSR count). The van der Waals surface area contributed by atoms with Crippen LogP contribution in [0.3, 0.4) is 0 Å². The lowest BCUT2D eigenvalue weighted by Crippen LogP contribution is -2.17. The van der Waals surface area contributed by atoms with Crippen LogP contribution in [0, 0.1) is 13.8 Å². The number of aromatic carboxylic acids is 1. The van der Waals surface area contributed by atoms with Gasteiger partial charge in [-0.1, -0.05) is 35.4 Å². The Morgan fingerprint density at radius 2 is 1.12 bits per heavy atom. The van der Waals surface area contributed by atoms with Crippen molar-refractivity contribution in [2.24, 2.45) is 0 Å². The normalized spacial score (nSPS) is 12.0. The summed E-state index contributed by atoms with van der Waals surface area (Å²) >= 11 is 0. The molecule has 0 aliphatic heterocycles. The van der Waals surface area contributed by atoms with Crippen molar-refractivity contribution in [3.05, 3.63) is 107 Å². The third-order valence-corrected chi connectivity index (χ3v) is 8.67. The monoisotopic (exact) mass is 620 g/mol. The van der Waals surface area contributed by atoms with Gasteiger partial charge in [0.05, 0.1) is 32.3 Å². The maximum atomic E-state index is 13.9. The zero-order valence-corrected chi connectivity index (χ0v) is 23.6. The molecule has 0 radical (unpaired) electrons. The summed E-state index contributed by atoms with van der Waals surface area (Å²) in [6.07, 6.45) is -4.99. The molecule has 0 atom stereocenters. The number of rotatable bonds is 9. The molecule has 0 bridgehead atoms. The van der Waals surface area contributed by atoms with Gasteiger partial charge in [-0.3, -0.25) is 9.44 Å². The second-order valence-electron chi connectivity index (χ2n) is 9.16. The summed E-state index contributed by atoms with van der Waals surface area (Å²) in [4.78, 5) is 11.5. The van der Waals surface area contributed by atoms with Crippen LogP contribution in [-0.2, 0) is 26.2 Å². The summed E-state index contributed by atoms with van der Waals surface area (Å²) in [6.45, 7) is 3.49. The van der Waals surface area contributed by atoms with Crippen molar-refractivity contribution in [3.63, 3.8) is 0 Å². The van der Waals surface area contributed by atoms with Gasteiger partial charge in [0.1, 0.15) is 11.5 Å². The second kappa shape index (κ2) is 11.4. The largest absolute Gasteiger partial charge is 0.478 e. The maximum Gasteiger partial charge on any atom is 0.418 e. The third kappa shape index (κ3) is 7.01. The van der Waals surface area contributed by atoms with E-state index in [-0.39, 0.29) is 27.0 Å². The number of benzene rings is 4. The highest BCUT2D eigenvalue weighted by atomic mass is 32.2. The lowest BCUT2D eigenvalue weighted by atomic mass is 10.1. The number of hydrogen-bond acceptors (Lipinski definition) is 6. The minimum Gasteiger partial charge on any atom is -0.478 e. The van der Waals surface area contributed by atoms with Gasteiger partial charge in [-0.05, 0) is 74.5 Å². The van der Waals surface area contributed by atoms with E-state index >= 15 is 0 Å². The minimum absolute atomic E-state index is 0.109. The van der Waals surface area contributed by atoms with E-state index in [1.165, 1.54) is 42.5 Å². The van der Waals surface area contributed by atoms with Crippen LogP contribution in [0.1, 0.15) is 27.0 Å². The topological polar surface area (TPSA) is 139 Å². The number of alkyl halides is 3. The van der Waals surface area contributed by atoms with Gasteiger partial charge < -0.3 is 9.84 Å². The highest BCUT2D eigenvalue weighted by molar-refractivity contribution is 7.93. The molecule has 4 aromatic rings. The van der Waals surface area contributed by atoms with Gasteiger partial charge in [0.25, 0.3) is 20.0 Å². The molecule has 42 heavy (non-hydrogen) atoms. The van der Waals surface area contributed by atoms with E-state index in [1.54, 1.807) is 26.0 Å². The van der Waals surface area contributed by atoms with Gasteiger partial charge >= 0.3 is 12.1 Å². The number of aryl methyl sites for hydroxylation is 2. The molecule has 0 unspecified atom stereocenters. The van der Waals surface area contributed by atoms with Gasteiger partial charge in [0.15, 0.2) is 0 Å². The number of carbonyl (C=O) groups is 1. The number of carboxylic acid groups (broad SMARTS) is 1. The first-order valence-electron chi connectivity index (χ1n) is 12.0. The van der Waals surface area contributed by atoms with E-state index in [0.29, 0.717) is 6.07 Å². The minimum atomic E-state index is -4.99. The van der Waals surface area contributed by atoms with Crippen LogP contribution in [0.2, 0.25) is 0 Å². The third-order valence-electron chi connectivity index (χ3n) is 5.90. The van der Waals surface area contributed by atoms with Crippen LogP contribution in [0.15, 0.2) is 94.7 Å². The fourth-order valence-corrected chi connectivity index (χ4v) is 5.90. The summed E-state index contributed by atoms with van der Waals surface area (Å²) in [7, 11) is -8.51. The van der Waals surface area contributed by atoms with Crippen LogP contribution in [0.25, 0.3) is 0 Å². The molecule has 4 aromatic carbocycles. The van der Waals surface area contributed by atoms with E-state index in [1.807, 2.05) is 4.72 Å². The van der Waals surface area contributed by atoms with E-state index in [2.05, 4.69) is 4.72 Å². The quantitative estimate of drug-likeness (QED) is 0.196. The van der Waals surface area contributed by atoms with Crippen LogP contribution in [0.5, 0.6) is 11.5 Å². The summed E-state index contributed by atoms with van der Waals surface area (Å²) < 4.78 is 102. The standard InChI is InChI=1S/C28H23F3N2O7S2/c1-17-3-9-21(10-4-17)41(36,37)32-25-13-7-19(15-23(25)27(34)35)40-20-8-14-26(24(16-20)28(29,30)31)33-42(38,39)22-11-5-18(2)6-12-22/h3-16,32-33H,1-2H3,(H,34,35). The molecule has 0 saturated carbocycles. The highest BCUT2D eigenvalue weighted by Gasteiger charge is 2.35. The van der Waals surface area contributed by atoms with Crippen molar-refractivity contribution in [1.29, 1.82) is 0 Å². The number of nitrogens with one attached hydrogen (secondary N) is 2. The van der Waals surface area contributed by atoms with Gasteiger partial charge in [0.2, 0.25) is 0 Å². The fraction of sp³-hybridized carbons (Fsp3) is 0.107.